The Balaban J connectivity index is 3.09. The zero-order valence-electron chi connectivity index (χ0n) is 8.78. The van der Waals surface area contributed by atoms with Gasteiger partial charge in [0.05, 0.1) is 10.9 Å². The lowest BCUT2D eigenvalue weighted by molar-refractivity contribution is -0.119. The highest BCUT2D eigenvalue weighted by Crippen LogP contribution is 2.13. The van der Waals surface area contributed by atoms with Gasteiger partial charge in [0.1, 0.15) is 11.6 Å². The third-order valence-electron chi connectivity index (χ3n) is 1.91. The normalized spacial score (nSPS) is 13.4. The molecule has 17 heavy (non-hydrogen) atoms. The minimum absolute atomic E-state index is 0.538. The molecule has 1 aromatic rings. The Hall–Kier alpha value is -1.54. The molecule has 1 atom stereocenters. The highest BCUT2D eigenvalue weighted by Gasteiger charge is 2.21. The van der Waals surface area contributed by atoms with Gasteiger partial charge in [0, 0.05) is 6.07 Å². The van der Waals surface area contributed by atoms with Crippen molar-refractivity contribution in [3.63, 3.8) is 0 Å². The van der Waals surface area contributed by atoms with Crippen LogP contribution < -0.4 is 10.5 Å². The van der Waals surface area contributed by atoms with Crippen molar-refractivity contribution >= 4 is 15.9 Å². The summed E-state index contributed by atoms with van der Waals surface area (Å²) >= 11 is 0. The van der Waals surface area contributed by atoms with Crippen molar-refractivity contribution in [1.82, 2.24) is 4.72 Å². The third-order valence-corrected chi connectivity index (χ3v) is 3.43. The topological polar surface area (TPSA) is 89.3 Å². The Morgan fingerprint density at radius 3 is 2.18 bits per heavy atom. The highest BCUT2D eigenvalue weighted by molar-refractivity contribution is 7.89. The smallest absolute Gasteiger partial charge is 0.241 e. The van der Waals surface area contributed by atoms with Crippen LogP contribution in [0.1, 0.15) is 6.92 Å². The number of carbonyl (C=O) groups is 1. The van der Waals surface area contributed by atoms with Gasteiger partial charge in [-0.15, -0.1) is 0 Å². The third kappa shape index (κ3) is 3.46. The molecule has 0 aliphatic rings. The van der Waals surface area contributed by atoms with E-state index in [-0.39, 0.29) is 0 Å². The van der Waals surface area contributed by atoms with Crippen LogP contribution in [0.2, 0.25) is 0 Å². The van der Waals surface area contributed by atoms with Crippen molar-refractivity contribution in [2.75, 3.05) is 0 Å². The van der Waals surface area contributed by atoms with Crippen molar-refractivity contribution in [1.29, 1.82) is 0 Å². The van der Waals surface area contributed by atoms with Gasteiger partial charge in [0.2, 0.25) is 15.9 Å². The second-order valence-corrected chi connectivity index (χ2v) is 5.06. The Bertz CT molecular complexity index is 525. The van der Waals surface area contributed by atoms with Gasteiger partial charge in [-0.2, -0.15) is 4.72 Å². The number of amides is 1. The molecule has 0 aromatic heterocycles. The first kappa shape index (κ1) is 13.5. The van der Waals surface area contributed by atoms with Crippen LogP contribution in [0.5, 0.6) is 0 Å². The molecule has 0 radical (unpaired) electrons. The molecule has 0 aliphatic heterocycles. The summed E-state index contributed by atoms with van der Waals surface area (Å²) in [5, 5.41) is 0. The molecule has 5 nitrogen and oxygen atoms in total. The summed E-state index contributed by atoms with van der Waals surface area (Å²) in [6.45, 7) is 1.22. The Morgan fingerprint density at radius 2 is 1.76 bits per heavy atom. The van der Waals surface area contributed by atoms with Crippen molar-refractivity contribution in [2.24, 2.45) is 5.73 Å². The van der Waals surface area contributed by atoms with E-state index in [1.807, 2.05) is 4.72 Å². The van der Waals surface area contributed by atoms with E-state index in [9.17, 15) is 22.0 Å². The lowest BCUT2D eigenvalue weighted by Gasteiger charge is -2.10. The molecule has 0 spiro atoms. The van der Waals surface area contributed by atoms with Gasteiger partial charge in [0.15, 0.2) is 0 Å². The summed E-state index contributed by atoms with van der Waals surface area (Å²) in [6, 6.07) is 0.640. The van der Waals surface area contributed by atoms with Crippen molar-refractivity contribution in [3.05, 3.63) is 29.8 Å². The first-order valence-electron chi connectivity index (χ1n) is 4.50. The molecule has 1 amide bonds. The van der Waals surface area contributed by atoms with E-state index in [1.54, 1.807) is 0 Å². The predicted molar refractivity (Wildman–Crippen MR) is 55.3 cm³/mol. The number of carbonyl (C=O) groups excluding carboxylic acids is 1. The fourth-order valence-electron chi connectivity index (χ4n) is 1.04. The van der Waals surface area contributed by atoms with E-state index in [2.05, 4.69) is 0 Å². The summed E-state index contributed by atoms with van der Waals surface area (Å²) < 4.78 is 50.8. The number of rotatable bonds is 4. The van der Waals surface area contributed by atoms with Gasteiger partial charge < -0.3 is 5.73 Å². The van der Waals surface area contributed by atoms with Gasteiger partial charge in [-0.25, -0.2) is 17.2 Å². The lowest BCUT2D eigenvalue weighted by Crippen LogP contribution is -2.42. The monoisotopic (exact) mass is 264 g/mol. The molecule has 94 valence electrons. The molecule has 0 bridgehead atoms. The van der Waals surface area contributed by atoms with Crippen molar-refractivity contribution < 1.29 is 22.0 Å². The van der Waals surface area contributed by atoms with Crippen LogP contribution in [0.3, 0.4) is 0 Å². The number of primary amides is 1. The van der Waals surface area contributed by atoms with E-state index in [1.165, 1.54) is 6.92 Å². The van der Waals surface area contributed by atoms with Crippen LogP contribution in [0.15, 0.2) is 23.1 Å². The summed E-state index contributed by atoms with van der Waals surface area (Å²) in [4.78, 5) is 10.1. The average Bonchev–Trinajstić information content (AvgIpc) is 2.15. The maximum Gasteiger partial charge on any atom is 0.241 e. The van der Waals surface area contributed by atoms with Gasteiger partial charge >= 0.3 is 0 Å². The molecule has 0 fully saturated rings. The molecule has 1 rings (SSSR count). The first-order valence-corrected chi connectivity index (χ1v) is 5.98. The quantitative estimate of drug-likeness (QED) is 0.809. The number of hydrogen-bond acceptors (Lipinski definition) is 3. The van der Waals surface area contributed by atoms with Gasteiger partial charge in [-0.3, -0.25) is 4.79 Å². The molecular formula is C9H10F2N2O3S. The van der Waals surface area contributed by atoms with Crippen LogP contribution in [0, 0.1) is 11.6 Å². The number of halogens is 2. The van der Waals surface area contributed by atoms with Gasteiger partial charge in [-0.1, -0.05) is 0 Å². The van der Waals surface area contributed by atoms with Gasteiger partial charge in [-0.05, 0) is 19.1 Å². The standard InChI is InChI=1S/C9H10F2N2O3S/c1-5(9(12)14)13-17(15,16)8-3-6(10)2-7(11)4-8/h2-5,13H,1H3,(H2,12,14)/t5-/m0/s1. The van der Waals surface area contributed by atoms with Crippen molar-refractivity contribution in [2.45, 2.75) is 17.9 Å². The molecule has 1 aromatic carbocycles. The van der Waals surface area contributed by atoms with E-state index >= 15 is 0 Å². The minimum Gasteiger partial charge on any atom is -0.368 e. The highest BCUT2D eigenvalue weighted by atomic mass is 32.2. The van der Waals surface area contributed by atoms with Crippen LogP contribution >= 0.6 is 0 Å². The second-order valence-electron chi connectivity index (χ2n) is 3.35. The van der Waals surface area contributed by atoms with E-state index in [0.717, 1.165) is 0 Å². The minimum atomic E-state index is -4.18. The lowest BCUT2D eigenvalue weighted by atomic mass is 10.3. The van der Waals surface area contributed by atoms with Crippen LogP contribution in [-0.2, 0) is 14.8 Å². The second kappa shape index (κ2) is 4.76. The fourth-order valence-corrected chi connectivity index (χ4v) is 2.30. The van der Waals surface area contributed by atoms with E-state index < -0.39 is 38.5 Å². The van der Waals surface area contributed by atoms with Gasteiger partial charge in [0.25, 0.3) is 0 Å². The van der Waals surface area contributed by atoms with E-state index in [4.69, 9.17) is 5.73 Å². The fraction of sp³-hybridized carbons (Fsp3) is 0.222. The molecule has 3 N–H and O–H groups in total. The first-order chi connectivity index (χ1) is 7.72. The Morgan fingerprint density at radius 1 is 1.29 bits per heavy atom. The predicted octanol–water partition coefficient (Wildman–Crippen LogP) is 0.117. The molecule has 0 saturated heterocycles. The number of nitrogens with one attached hydrogen (secondary N) is 1. The molecule has 8 heteroatoms. The molecule has 0 saturated carbocycles. The number of sulfonamides is 1. The molecule has 0 unspecified atom stereocenters. The largest absolute Gasteiger partial charge is 0.368 e. The summed E-state index contributed by atoms with van der Waals surface area (Å²) in [6.07, 6.45) is 0. The van der Waals surface area contributed by atoms with Crippen molar-refractivity contribution in [3.8, 4) is 0 Å². The summed E-state index contributed by atoms with van der Waals surface area (Å²) in [5.41, 5.74) is 4.87. The summed E-state index contributed by atoms with van der Waals surface area (Å²) in [7, 11) is -4.18. The zero-order valence-corrected chi connectivity index (χ0v) is 9.59. The number of nitrogens with two attached hydrogens (primary N) is 1. The molecular weight excluding hydrogens is 254 g/mol. The Labute approximate surface area is 96.7 Å². The average molecular weight is 264 g/mol. The number of benzene rings is 1. The molecule has 0 heterocycles. The SMILES string of the molecule is C[C@H](NS(=O)(=O)c1cc(F)cc(F)c1)C(N)=O. The maximum absolute atomic E-state index is 12.8. The summed E-state index contributed by atoms with van der Waals surface area (Å²) in [5.74, 6) is -2.96. The molecule has 0 aliphatic carbocycles. The zero-order chi connectivity index (χ0) is 13.2. The Kier molecular flexibility index (Phi) is 3.79. The van der Waals surface area contributed by atoms with Crippen LogP contribution in [0.4, 0.5) is 8.78 Å². The number of hydrogen-bond donors (Lipinski definition) is 2. The van der Waals surface area contributed by atoms with Crippen LogP contribution in [-0.4, -0.2) is 20.4 Å². The maximum atomic E-state index is 12.8. The van der Waals surface area contributed by atoms with E-state index in [0.29, 0.717) is 18.2 Å². The van der Waals surface area contributed by atoms with Crippen LogP contribution in [0.25, 0.3) is 0 Å².